The van der Waals surface area contributed by atoms with Crippen molar-refractivity contribution in [1.82, 2.24) is 15.2 Å². The van der Waals surface area contributed by atoms with E-state index in [1.807, 2.05) is 54.3 Å². The van der Waals surface area contributed by atoms with Crippen molar-refractivity contribution < 1.29 is 14.0 Å². The Bertz CT molecular complexity index is 1240. The second-order valence-electron chi connectivity index (χ2n) is 10.1. The number of hydrogen-bond donors (Lipinski definition) is 1. The summed E-state index contributed by atoms with van der Waals surface area (Å²) in [7, 11) is 0. The molecule has 2 heterocycles. The third kappa shape index (κ3) is 5.53. The maximum Gasteiger partial charge on any atom is 0.253 e. The van der Waals surface area contributed by atoms with E-state index in [9.17, 15) is 9.59 Å². The van der Waals surface area contributed by atoms with E-state index in [1.165, 1.54) is 31.3 Å². The molecule has 0 bridgehead atoms. The second-order valence-corrected chi connectivity index (χ2v) is 10.1. The fraction of sp³-hybridized carbons (Fsp3) is 0.433. The van der Waals surface area contributed by atoms with E-state index in [0.29, 0.717) is 36.0 Å². The molecule has 0 saturated carbocycles. The zero-order valence-corrected chi connectivity index (χ0v) is 21.0. The lowest BCUT2D eigenvalue weighted by atomic mass is 9.84. The van der Waals surface area contributed by atoms with Gasteiger partial charge in [-0.1, -0.05) is 36.8 Å². The molecular formula is C30H35N3O3. The Morgan fingerprint density at radius 2 is 1.92 bits per heavy atom. The topological polar surface area (TPSA) is 75.4 Å². The lowest BCUT2D eigenvalue weighted by molar-refractivity contribution is -0.126. The van der Waals surface area contributed by atoms with Gasteiger partial charge in [-0.05, 0) is 81.2 Å². The molecule has 1 aromatic heterocycles. The third-order valence-electron chi connectivity index (χ3n) is 7.73. The summed E-state index contributed by atoms with van der Waals surface area (Å²) in [5, 5.41) is 3.14. The van der Waals surface area contributed by atoms with Crippen LogP contribution in [0.15, 0.2) is 64.6 Å². The number of hydrogen-bond acceptors (Lipinski definition) is 4. The van der Waals surface area contributed by atoms with Crippen LogP contribution in [0.1, 0.15) is 62.2 Å². The number of amides is 2. The Hall–Kier alpha value is -3.41. The molecule has 1 saturated heterocycles. The average molecular weight is 486 g/mol. The predicted octanol–water partition coefficient (Wildman–Crippen LogP) is 5.99. The average Bonchev–Trinajstić information content (AvgIpc) is 3.37. The van der Waals surface area contributed by atoms with Crippen molar-refractivity contribution in [2.75, 3.05) is 19.6 Å². The van der Waals surface area contributed by atoms with E-state index in [4.69, 9.17) is 4.42 Å². The predicted molar refractivity (Wildman–Crippen MR) is 141 cm³/mol. The van der Waals surface area contributed by atoms with Crippen LogP contribution in [0, 0.1) is 11.8 Å². The Kier molecular flexibility index (Phi) is 7.49. The Morgan fingerprint density at radius 3 is 2.67 bits per heavy atom. The van der Waals surface area contributed by atoms with Crippen LogP contribution in [0.5, 0.6) is 0 Å². The summed E-state index contributed by atoms with van der Waals surface area (Å²) >= 11 is 0. The van der Waals surface area contributed by atoms with Gasteiger partial charge in [-0.15, -0.1) is 0 Å². The number of fused-ring (bicyclic) bond motifs is 1. The Morgan fingerprint density at radius 1 is 1.11 bits per heavy atom. The molecule has 1 fully saturated rings. The molecule has 6 nitrogen and oxygen atoms in total. The van der Waals surface area contributed by atoms with Crippen molar-refractivity contribution in [3.05, 3.63) is 65.7 Å². The molecule has 0 unspecified atom stereocenters. The van der Waals surface area contributed by atoms with E-state index in [2.05, 4.69) is 16.4 Å². The van der Waals surface area contributed by atoms with Gasteiger partial charge in [0.15, 0.2) is 5.58 Å². The summed E-state index contributed by atoms with van der Waals surface area (Å²) in [5.41, 5.74) is 4.36. The normalized spacial score (nSPS) is 17.6. The number of rotatable bonds is 7. The number of carbonyl (C=O) groups is 2. The minimum absolute atomic E-state index is 0.00544. The van der Waals surface area contributed by atoms with Crippen molar-refractivity contribution in [1.29, 1.82) is 0 Å². The second kappa shape index (κ2) is 11.1. The highest BCUT2D eigenvalue weighted by atomic mass is 16.3. The minimum atomic E-state index is -0.0375. The molecule has 1 N–H and O–H groups in total. The highest BCUT2D eigenvalue weighted by Crippen LogP contribution is 2.28. The van der Waals surface area contributed by atoms with E-state index in [0.717, 1.165) is 36.9 Å². The zero-order chi connectivity index (χ0) is 24.9. The van der Waals surface area contributed by atoms with E-state index >= 15 is 0 Å². The smallest absolute Gasteiger partial charge is 0.253 e. The first-order chi connectivity index (χ1) is 17.6. The SMILES string of the molecule is C[C@@H](C(=O)NCCC1=CCCCC1)C1CCN(C(=O)c2ccc3nc(-c4ccccc4)oc3c2)CC1. The number of carbonyl (C=O) groups excluding carboxylic acids is 2. The molecule has 3 aromatic rings. The number of oxazole rings is 1. The highest BCUT2D eigenvalue weighted by molar-refractivity contribution is 5.97. The van der Waals surface area contributed by atoms with Crippen LogP contribution in [-0.4, -0.2) is 41.3 Å². The number of aromatic nitrogens is 1. The van der Waals surface area contributed by atoms with Crippen LogP contribution in [0.2, 0.25) is 0 Å². The minimum Gasteiger partial charge on any atom is -0.436 e. The molecule has 0 spiro atoms. The van der Waals surface area contributed by atoms with E-state index in [1.54, 1.807) is 6.07 Å². The van der Waals surface area contributed by atoms with E-state index in [-0.39, 0.29) is 17.7 Å². The van der Waals surface area contributed by atoms with Crippen LogP contribution < -0.4 is 5.32 Å². The van der Waals surface area contributed by atoms with Gasteiger partial charge >= 0.3 is 0 Å². The number of nitrogens with one attached hydrogen (secondary N) is 1. The molecule has 2 amide bonds. The maximum atomic E-state index is 13.2. The van der Waals surface area contributed by atoms with Gasteiger partial charge in [-0.3, -0.25) is 9.59 Å². The molecule has 2 aromatic carbocycles. The summed E-state index contributed by atoms with van der Waals surface area (Å²) in [6.07, 6.45) is 9.91. The fourth-order valence-electron chi connectivity index (χ4n) is 5.40. The molecule has 5 rings (SSSR count). The van der Waals surface area contributed by atoms with Gasteiger partial charge in [-0.25, -0.2) is 4.98 Å². The fourth-order valence-corrected chi connectivity index (χ4v) is 5.40. The van der Waals surface area contributed by atoms with Gasteiger partial charge < -0.3 is 14.6 Å². The van der Waals surface area contributed by atoms with Gasteiger partial charge in [0.2, 0.25) is 11.8 Å². The van der Waals surface area contributed by atoms with Crippen molar-refractivity contribution in [3.63, 3.8) is 0 Å². The first-order valence-electron chi connectivity index (χ1n) is 13.3. The van der Waals surface area contributed by atoms with Crippen LogP contribution in [0.3, 0.4) is 0 Å². The van der Waals surface area contributed by atoms with Crippen LogP contribution in [0.4, 0.5) is 0 Å². The van der Waals surface area contributed by atoms with Crippen molar-refractivity contribution in [3.8, 4) is 11.5 Å². The molecular weight excluding hydrogens is 450 g/mol. The summed E-state index contributed by atoms with van der Waals surface area (Å²) in [5.74, 6) is 0.962. The Balaban J connectivity index is 1.14. The van der Waals surface area contributed by atoms with Gasteiger partial charge in [0.1, 0.15) is 5.52 Å². The maximum absolute atomic E-state index is 13.2. The molecule has 6 heteroatoms. The van der Waals surface area contributed by atoms with Gasteiger partial charge in [0.05, 0.1) is 0 Å². The largest absolute Gasteiger partial charge is 0.436 e. The number of piperidine rings is 1. The monoisotopic (exact) mass is 485 g/mol. The molecule has 36 heavy (non-hydrogen) atoms. The summed E-state index contributed by atoms with van der Waals surface area (Å²) in [6.45, 7) is 4.08. The molecule has 2 aliphatic rings. The number of nitrogens with zero attached hydrogens (tertiary/aromatic N) is 2. The van der Waals surface area contributed by atoms with Gasteiger partial charge in [-0.2, -0.15) is 0 Å². The van der Waals surface area contributed by atoms with Gasteiger partial charge in [0.25, 0.3) is 5.91 Å². The zero-order valence-electron chi connectivity index (χ0n) is 21.0. The summed E-state index contributed by atoms with van der Waals surface area (Å²) in [6, 6.07) is 15.2. The quantitative estimate of drug-likeness (QED) is 0.417. The number of likely N-dealkylation sites (tertiary alicyclic amines) is 1. The van der Waals surface area contributed by atoms with Crippen molar-refractivity contribution >= 4 is 22.9 Å². The molecule has 1 atom stereocenters. The van der Waals surface area contributed by atoms with Crippen molar-refractivity contribution in [2.24, 2.45) is 11.8 Å². The lowest BCUT2D eigenvalue weighted by Crippen LogP contribution is -2.42. The van der Waals surface area contributed by atoms with Gasteiger partial charge in [0, 0.05) is 36.7 Å². The molecule has 1 aliphatic heterocycles. The third-order valence-corrected chi connectivity index (χ3v) is 7.73. The number of allylic oxidation sites excluding steroid dienone is 1. The van der Waals surface area contributed by atoms with Crippen LogP contribution >= 0.6 is 0 Å². The Labute approximate surface area is 212 Å². The summed E-state index contributed by atoms with van der Waals surface area (Å²) in [4.78, 5) is 32.4. The standard InChI is InChI=1S/C30H35N3O3/c1-21(28(34)31-17-14-22-8-4-2-5-9-22)23-15-18-33(19-16-23)30(35)25-12-13-26-27(20-25)36-29(32-26)24-10-6-3-7-11-24/h3,6-8,10-13,20-21,23H,2,4-5,9,14-19H2,1H3,(H,31,34)/t21-/m1/s1. The number of benzene rings is 2. The highest BCUT2D eigenvalue weighted by Gasteiger charge is 2.30. The van der Waals surface area contributed by atoms with Crippen LogP contribution in [-0.2, 0) is 4.79 Å². The summed E-state index contributed by atoms with van der Waals surface area (Å²) < 4.78 is 5.95. The molecule has 1 aliphatic carbocycles. The van der Waals surface area contributed by atoms with E-state index < -0.39 is 0 Å². The lowest BCUT2D eigenvalue weighted by Gasteiger charge is -2.34. The molecule has 0 radical (unpaired) electrons. The first-order valence-corrected chi connectivity index (χ1v) is 13.3. The molecule has 188 valence electrons. The first kappa shape index (κ1) is 24.3. The van der Waals surface area contributed by atoms with Crippen molar-refractivity contribution in [2.45, 2.75) is 51.9 Å². The van der Waals surface area contributed by atoms with Crippen LogP contribution in [0.25, 0.3) is 22.6 Å².